The predicted octanol–water partition coefficient (Wildman–Crippen LogP) is 5.43. The highest BCUT2D eigenvalue weighted by Gasteiger charge is 2.16. The zero-order valence-electron chi connectivity index (χ0n) is 19.7. The van der Waals surface area contributed by atoms with Crippen LogP contribution in [0, 0.1) is 24.1 Å². The smallest absolute Gasteiger partial charge is 0.343 e. The third-order valence-electron chi connectivity index (χ3n) is 5.17. The van der Waals surface area contributed by atoms with Crippen LogP contribution in [0.1, 0.15) is 21.5 Å². The molecule has 1 N–H and O–H groups in total. The standard InChI is InChI=1S/C27H19FN4O4S/c1-16-5-3-4-6-21(16)25-31-32-27(37-25)30-24(33)19(15-29)13-17-7-12-22(23(14-17)35-2)36-26(34)18-8-10-20(28)11-9-18/h3-14H,1-2H3,(H,30,32,33)/b19-13-. The second-order valence-corrected chi connectivity index (χ2v) is 8.64. The van der Waals surface area contributed by atoms with Gasteiger partial charge in [0.05, 0.1) is 12.7 Å². The minimum Gasteiger partial charge on any atom is -0.493 e. The monoisotopic (exact) mass is 514 g/mol. The number of anilines is 1. The number of rotatable bonds is 7. The lowest BCUT2D eigenvalue weighted by atomic mass is 10.1. The summed E-state index contributed by atoms with van der Waals surface area (Å²) in [6.07, 6.45) is 1.37. The number of nitrogens with one attached hydrogen (secondary N) is 1. The van der Waals surface area contributed by atoms with Crippen molar-refractivity contribution < 1.29 is 23.5 Å². The van der Waals surface area contributed by atoms with E-state index in [0.717, 1.165) is 23.3 Å². The number of hydrogen-bond donors (Lipinski definition) is 1. The van der Waals surface area contributed by atoms with Crippen LogP contribution in [-0.2, 0) is 4.79 Å². The molecule has 8 nitrogen and oxygen atoms in total. The molecule has 1 amide bonds. The van der Waals surface area contributed by atoms with Crippen molar-refractivity contribution in [3.05, 3.63) is 94.8 Å². The third-order valence-corrected chi connectivity index (χ3v) is 6.04. The van der Waals surface area contributed by atoms with Gasteiger partial charge in [-0.2, -0.15) is 5.26 Å². The van der Waals surface area contributed by atoms with Crippen LogP contribution in [0.3, 0.4) is 0 Å². The highest BCUT2D eigenvalue weighted by Crippen LogP contribution is 2.31. The van der Waals surface area contributed by atoms with E-state index in [2.05, 4.69) is 15.5 Å². The fourth-order valence-electron chi connectivity index (χ4n) is 3.28. The van der Waals surface area contributed by atoms with Gasteiger partial charge in [-0.3, -0.25) is 10.1 Å². The number of amides is 1. The molecule has 1 heterocycles. The van der Waals surface area contributed by atoms with Crippen LogP contribution in [0.25, 0.3) is 16.6 Å². The Hall–Kier alpha value is -4.88. The predicted molar refractivity (Wildman–Crippen MR) is 137 cm³/mol. The highest BCUT2D eigenvalue weighted by molar-refractivity contribution is 7.18. The summed E-state index contributed by atoms with van der Waals surface area (Å²) >= 11 is 1.20. The van der Waals surface area contributed by atoms with Crippen LogP contribution >= 0.6 is 11.3 Å². The molecule has 0 atom stereocenters. The van der Waals surface area contributed by atoms with Crippen molar-refractivity contribution in [1.29, 1.82) is 5.26 Å². The van der Waals surface area contributed by atoms with E-state index in [4.69, 9.17) is 9.47 Å². The second-order valence-electron chi connectivity index (χ2n) is 7.66. The summed E-state index contributed by atoms with van der Waals surface area (Å²) in [4.78, 5) is 25.1. The summed E-state index contributed by atoms with van der Waals surface area (Å²) in [6, 6.07) is 19.0. The maximum Gasteiger partial charge on any atom is 0.343 e. The number of nitrogens with zero attached hydrogens (tertiary/aromatic N) is 3. The first kappa shape index (κ1) is 25.2. The average Bonchev–Trinajstić information content (AvgIpc) is 3.36. The number of methoxy groups -OCH3 is 1. The van der Waals surface area contributed by atoms with E-state index >= 15 is 0 Å². The van der Waals surface area contributed by atoms with Crippen molar-refractivity contribution >= 4 is 34.4 Å². The molecule has 0 aliphatic heterocycles. The third kappa shape index (κ3) is 6.04. The van der Waals surface area contributed by atoms with E-state index in [1.807, 2.05) is 37.3 Å². The molecule has 0 fully saturated rings. The summed E-state index contributed by atoms with van der Waals surface area (Å²) in [6.45, 7) is 1.95. The topological polar surface area (TPSA) is 114 Å². The lowest BCUT2D eigenvalue weighted by Gasteiger charge is -2.10. The Morgan fingerprint density at radius 2 is 1.81 bits per heavy atom. The molecule has 4 rings (SSSR count). The molecule has 0 bridgehead atoms. The fourth-order valence-corrected chi connectivity index (χ4v) is 4.11. The van der Waals surface area contributed by atoms with Gasteiger partial charge in [-0.05, 0) is 60.5 Å². The second kappa shape index (κ2) is 11.2. The average molecular weight is 515 g/mol. The molecular weight excluding hydrogens is 495 g/mol. The van der Waals surface area contributed by atoms with Gasteiger partial charge in [-0.25, -0.2) is 9.18 Å². The molecule has 10 heteroatoms. The Bertz CT molecular complexity index is 1540. The van der Waals surface area contributed by atoms with Crippen molar-refractivity contribution in [2.45, 2.75) is 6.92 Å². The van der Waals surface area contributed by atoms with Gasteiger partial charge in [-0.1, -0.05) is 41.7 Å². The molecular formula is C27H19FN4O4S. The molecule has 0 radical (unpaired) electrons. The van der Waals surface area contributed by atoms with E-state index in [9.17, 15) is 19.2 Å². The van der Waals surface area contributed by atoms with E-state index in [0.29, 0.717) is 10.6 Å². The number of halogens is 1. The van der Waals surface area contributed by atoms with E-state index in [1.54, 1.807) is 6.07 Å². The molecule has 0 spiro atoms. The number of aryl methyl sites for hydroxylation is 1. The van der Waals surface area contributed by atoms with Gasteiger partial charge in [0.1, 0.15) is 22.5 Å². The largest absolute Gasteiger partial charge is 0.493 e. The van der Waals surface area contributed by atoms with Gasteiger partial charge < -0.3 is 9.47 Å². The molecule has 184 valence electrons. The normalized spacial score (nSPS) is 10.9. The van der Waals surface area contributed by atoms with Crippen LogP contribution in [0.5, 0.6) is 11.5 Å². The molecule has 0 aliphatic carbocycles. The van der Waals surface area contributed by atoms with E-state index < -0.39 is 17.7 Å². The molecule has 3 aromatic carbocycles. The molecule has 0 unspecified atom stereocenters. The first-order valence-electron chi connectivity index (χ1n) is 10.9. The number of aromatic nitrogens is 2. The molecule has 4 aromatic rings. The number of esters is 1. The van der Waals surface area contributed by atoms with Gasteiger partial charge in [0.25, 0.3) is 5.91 Å². The van der Waals surface area contributed by atoms with Gasteiger partial charge in [0, 0.05) is 5.56 Å². The Morgan fingerprint density at radius 3 is 2.51 bits per heavy atom. The summed E-state index contributed by atoms with van der Waals surface area (Å²) < 4.78 is 23.8. The molecule has 0 saturated carbocycles. The van der Waals surface area contributed by atoms with Gasteiger partial charge in [0.2, 0.25) is 5.13 Å². The molecule has 0 saturated heterocycles. The molecule has 1 aromatic heterocycles. The SMILES string of the molecule is COc1cc(/C=C(/C#N)C(=O)Nc2nnc(-c3ccccc3C)s2)ccc1OC(=O)c1ccc(F)cc1. The van der Waals surface area contributed by atoms with Crippen LogP contribution < -0.4 is 14.8 Å². The van der Waals surface area contributed by atoms with Gasteiger partial charge >= 0.3 is 5.97 Å². The first-order valence-corrected chi connectivity index (χ1v) is 11.7. The van der Waals surface area contributed by atoms with Crippen LogP contribution in [-0.4, -0.2) is 29.2 Å². The summed E-state index contributed by atoms with van der Waals surface area (Å²) in [5.41, 5.74) is 2.38. The minimum absolute atomic E-state index is 0.120. The number of carbonyl (C=O) groups is 2. The lowest BCUT2D eigenvalue weighted by Crippen LogP contribution is -2.13. The van der Waals surface area contributed by atoms with Crippen molar-refractivity contribution in [2.24, 2.45) is 0 Å². The lowest BCUT2D eigenvalue weighted by molar-refractivity contribution is -0.112. The molecule has 0 aliphatic rings. The summed E-state index contributed by atoms with van der Waals surface area (Å²) in [5, 5.41) is 21.2. The van der Waals surface area contributed by atoms with Crippen molar-refractivity contribution in [1.82, 2.24) is 10.2 Å². The quantitative estimate of drug-likeness (QED) is 0.151. The number of hydrogen-bond acceptors (Lipinski definition) is 8. The summed E-state index contributed by atoms with van der Waals surface area (Å²) in [5.74, 6) is -1.49. The molecule has 37 heavy (non-hydrogen) atoms. The Labute approximate surface area is 215 Å². The number of nitriles is 1. The summed E-state index contributed by atoms with van der Waals surface area (Å²) in [7, 11) is 1.39. The Morgan fingerprint density at radius 1 is 1.05 bits per heavy atom. The zero-order valence-corrected chi connectivity index (χ0v) is 20.5. The number of benzene rings is 3. The van der Waals surface area contributed by atoms with Gasteiger partial charge in [-0.15, -0.1) is 10.2 Å². The Kier molecular flexibility index (Phi) is 7.66. The van der Waals surface area contributed by atoms with Gasteiger partial charge in [0.15, 0.2) is 11.5 Å². The fraction of sp³-hybridized carbons (Fsp3) is 0.0741. The Balaban J connectivity index is 1.49. The highest BCUT2D eigenvalue weighted by atomic mass is 32.1. The van der Waals surface area contributed by atoms with E-state index in [1.165, 1.54) is 48.8 Å². The zero-order chi connectivity index (χ0) is 26.4. The maximum absolute atomic E-state index is 13.1. The van der Waals surface area contributed by atoms with Crippen LogP contribution in [0.15, 0.2) is 72.3 Å². The van der Waals surface area contributed by atoms with Crippen LogP contribution in [0.2, 0.25) is 0 Å². The van der Waals surface area contributed by atoms with Crippen molar-refractivity contribution in [3.63, 3.8) is 0 Å². The minimum atomic E-state index is -0.694. The maximum atomic E-state index is 13.1. The number of ether oxygens (including phenoxy) is 2. The van der Waals surface area contributed by atoms with Crippen molar-refractivity contribution in [3.8, 4) is 28.1 Å². The first-order chi connectivity index (χ1) is 17.9. The number of carbonyl (C=O) groups excluding carboxylic acids is 2. The van der Waals surface area contributed by atoms with Crippen LogP contribution in [0.4, 0.5) is 9.52 Å². The van der Waals surface area contributed by atoms with Crippen molar-refractivity contribution in [2.75, 3.05) is 12.4 Å². The van der Waals surface area contributed by atoms with E-state index in [-0.39, 0.29) is 27.8 Å².